The van der Waals surface area contributed by atoms with E-state index in [1.54, 1.807) is 34.5 Å². The van der Waals surface area contributed by atoms with E-state index >= 15 is 0 Å². The molecule has 4 saturated carbocycles. The average Bonchev–Trinajstić information content (AvgIpc) is 4.08. The predicted octanol–water partition coefficient (Wildman–Crippen LogP) is 10.9. The minimum absolute atomic E-state index is 0. The van der Waals surface area contributed by atoms with Gasteiger partial charge in [-0.05, 0) is 133 Å². The Balaban J connectivity index is 0.000000178. The number of hydrogen-bond donors (Lipinski definition) is 0. The molecule has 0 unspecified atom stereocenters. The number of rotatable bonds is 8. The zero-order valence-corrected chi connectivity index (χ0v) is 44.2. The van der Waals surface area contributed by atoms with Gasteiger partial charge in [-0.1, -0.05) is 113 Å². The van der Waals surface area contributed by atoms with Gasteiger partial charge in [0.05, 0.1) is 0 Å². The molecule has 0 amide bonds. The average molecular weight is 959 g/mol. The van der Waals surface area contributed by atoms with Crippen molar-refractivity contribution in [2.75, 3.05) is 0 Å². The summed E-state index contributed by atoms with van der Waals surface area (Å²) in [5.74, 6) is 2.07. The summed E-state index contributed by atoms with van der Waals surface area (Å²) in [5.41, 5.74) is 13.2. The van der Waals surface area contributed by atoms with E-state index in [9.17, 15) is 0 Å². The molecule has 0 aromatic heterocycles. The van der Waals surface area contributed by atoms with Crippen molar-refractivity contribution >= 4 is 27.0 Å². The fourth-order valence-electron chi connectivity index (χ4n) is 12.0. The zero-order valence-electron chi connectivity index (χ0n) is 39.2. The van der Waals surface area contributed by atoms with Gasteiger partial charge in [0.25, 0.3) is 0 Å². The van der Waals surface area contributed by atoms with Crippen molar-refractivity contribution in [2.45, 2.75) is 155 Å². The van der Waals surface area contributed by atoms with Crippen LogP contribution in [0.2, 0.25) is 12.6 Å². The zero-order chi connectivity index (χ0) is 42.3. The molecular weight excluding hydrogens is 887 g/mol. The summed E-state index contributed by atoms with van der Waals surface area (Å²) in [7, 11) is 0. The van der Waals surface area contributed by atoms with E-state index in [0.29, 0.717) is 10.8 Å². The van der Waals surface area contributed by atoms with E-state index in [1.165, 1.54) is 144 Å². The summed E-state index contributed by atoms with van der Waals surface area (Å²) in [6, 6.07) is 43.4. The maximum atomic E-state index is 2.49. The number of benzene rings is 4. The number of halogens is 2. The van der Waals surface area contributed by atoms with Gasteiger partial charge < -0.3 is 24.8 Å². The van der Waals surface area contributed by atoms with E-state index in [2.05, 4.69) is 164 Å². The van der Waals surface area contributed by atoms with Crippen LogP contribution in [0, 0.1) is 22.7 Å². The third-order valence-corrected chi connectivity index (χ3v) is 18.4. The normalized spacial score (nSPS) is 22.4. The van der Waals surface area contributed by atoms with Crippen LogP contribution in [-0.2, 0) is 47.0 Å². The fraction of sp³-hybridized carbons (Fsp3) is 0.483. The standard InChI is InChI=1S/2C27H31.C4H10Si.2ClH.Zr/c2*1-26(2,3)23-9-7-21(8-10-23)24-6-4-5-22-15-20(16-25(22)24)18-27-13-11-19(17-27)12-14-27;1-3-4-5-2;;;/h2*4-10,15-16,19H,11-14,17-18H2,1-3H3;3-4H2,1-2H3;2*1H;/q2*-1;;;;+2/p-2. The van der Waals surface area contributed by atoms with Gasteiger partial charge in [-0.3, -0.25) is 0 Å². The van der Waals surface area contributed by atoms with E-state index in [1.807, 2.05) is 0 Å². The van der Waals surface area contributed by atoms with E-state index in [0.717, 1.165) is 11.8 Å². The van der Waals surface area contributed by atoms with Gasteiger partial charge in [0.2, 0.25) is 0 Å². The Bertz CT molecular complexity index is 2240. The quantitative estimate of drug-likeness (QED) is 0.105. The van der Waals surface area contributed by atoms with Crippen LogP contribution in [0.25, 0.3) is 43.8 Å². The first-order valence-corrected chi connectivity index (χ1v) is 29.6. The summed E-state index contributed by atoms with van der Waals surface area (Å²) >= 11 is 1.79. The third kappa shape index (κ3) is 11.2. The molecule has 0 heterocycles. The van der Waals surface area contributed by atoms with Crippen molar-refractivity contribution < 1.29 is 48.1 Å². The van der Waals surface area contributed by atoms with Crippen molar-refractivity contribution in [3.8, 4) is 22.3 Å². The SMILES string of the molecule is CC(C)(C)c1ccc(-c2cccc3[cH-]c(CC45CCC(CC4)C5)cc23)cc1.CC(C)(C)c1ccc(-c2cccc3[cH-]c(CC45CCC(CC4)C5)cc23)cc1.CCC[Si](C)=[Zr+2].[Cl-].[Cl-]. The number of hydrogen-bond acceptors (Lipinski definition) is 0. The van der Waals surface area contributed by atoms with Gasteiger partial charge in [0.15, 0.2) is 0 Å². The second-order valence-electron chi connectivity index (χ2n) is 22.2. The van der Waals surface area contributed by atoms with Crippen LogP contribution < -0.4 is 24.8 Å². The molecule has 0 saturated heterocycles. The summed E-state index contributed by atoms with van der Waals surface area (Å²) < 4.78 is 0. The first kappa shape index (κ1) is 49.2. The molecule has 6 aromatic rings. The first-order valence-electron chi connectivity index (χ1n) is 23.7. The molecule has 0 aliphatic heterocycles. The van der Waals surface area contributed by atoms with Gasteiger partial charge >= 0.3 is 54.7 Å². The molecule has 6 aromatic carbocycles. The number of fused-ring (bicyclic) bond motifs is 6. The molecule has 0 radical (unpaired) electrons. The van der Waals surface area contributed by atoms with Gasteiger partial charge in [-0.15, -0.1) is 69.1 Å². The van der Waals surface area contributed by atoms with Crippen molar-refractivity contribution in [1.82, 2.24) is 0 Å². The molecule has 4 aliphatic carbocycles. The van der Waals surface area contributed by atoms with Crippen LogP contribution in [0.1, 0.15) is 141 Å². The third-order valence-electron chi connectivity index (χ3n) is 15.3. The second kappa shape index (κ2) is 20.1. The van der Waals surface area contributed by atoms with E-state index in [-0.39, 0.29) is 41.1 Å². The Morgan fingerprint density at radius 1 is 0.581 bits per heavy atom. The second-order valence-corrected chi connectivity index (χ2v) is 30.5. The Morgan fingerprint density at radius 3 is 1.23 bits per heavy atom. The Labute approximate surface area is 403 Å². The van der Waals surface area contributed by atoms with Crippen LogP contribution in [0.5, 0.6) is 0 Å². The maximum absolute atomic E-state index is 2.49. The molecule has 4 heteroatoms. The van der Waals surface area contributed by atoms with Gasteiger partial charge in [0, 0.05) is 0 Å². The molecule has 10 rings (SSSR count). The minimum atomic E-state index is 0. The van der Waals surface area contributed by atoms with Crippen LogP contribution in [0.15, 0.2) is 109 Å². The molecular formula is C58H72Cl2SiZr-2. The van der Waals surface area contributed by atoms with Crippen molar-refractivity contribution in [3.05, 3.63) is 131 Å². The maximum Gasteiger partial charge on any atom is -1.00 e. The molecule has 0 atom stereocenters. The predicted molar refractivity (Wildman–Crippen MR) is 259 cm³/mol. The fourth-order valence-corrected chi connectivity index (χ4v) is 14.6. The van der Waals surface area contributed by atoms with Gasteiger partial charge in [-0.2, -0.15) is 12.1 Å². The van der Waals surface area contributed by atoms with Gasteiger partial charge in [-0.25, -0.2) is 0 Å². The Hall–Kier alpha value is -2.22. The molecule has 4 aliphatic rings. The van der Waals surface area contributed by atoms with Crippen LogP contribution in [0.4, 0.5) is 0 Å². The molecule has 0 nitrogen and oxygen atoms in total. The Morgan fingerprint density at radius 2 is 0.952 bits per heavy atom. The van der Waals surface area contributed by atoms with Crippen LogP contribution >= 0.6 is 0 Å². The smallest absolute Gasteiger partial charge is 1.00 e. The first-order chi connectivity index (χ1) is 28.6. The van der Waals surface area contributed by atoms with Crippen molar-refractivity contribution in [2.24, 2.45) is 22.7 Å². The molecule has 0 spiro atoms. The van der Waals surface area contributed by atoms with E-state index < -0.39 is 0 Å². The Kier molecular flexibility index (Phi) is 16.0. The van der Waals surface area contributed by atoms with Gasteiger partial charge in [0.1, 0.15) is 0 Å². The summed E-state index contributed by atoms with van der Waals surface area (Å²) in [5, 5.41) is 5.68. The monoisotopic (exact) mass is 956 g/mol. The molecule has 4 bridgehead atoms. The van der Waals surface area contributed by atoms with Crippen LogP contribution in [0.3, 0.4) is 0 Å². The molecule has 0 N–H and O–H groups in total. The minimum Gasteiger partial charge on any atom is -1.00 e. The summed E-state index contributed by atoms with van der Waals surface area (Å²) in [6.45, 7) is 18.3. The van der Waals surface area contributed by atoms with Crippen molar-refractivity contribution in [3.63, 3.8) is 0 Å². The molecule has 4 fully saturated rings. The summed E-state index contributed by atoms with van der Waals surface area (Å²) in [6.07, 6.45) is 18.7. The summed E-state index contributed by atoms with van der Waals surface area (Å²) in [4.78, 5) is 0. The molecule has 62 heavy (non-hydrogen) atoms. The van der Waals surface area contributed by atoms with Crippen LogP contribution in [-0.4, -0.2) is 5.43 Å². The largest absolute Gasteiger partial charge is 1.00 e. The van der Waals surface area contributed by atoms with E-state index in [4.69, 9.17) is 0 Å². The molecule has 328 valence electrons. The topological polar surface area (TPSA) is 0 Å². The van der Waals surface area contributed by atoms with Crippen molar-refractivity contribution in [1.29, 1.82) is 0 Å².